The van der Waals surface area contributed by atoms with E-state index in [0.717, 1.165) is 4.90 Å². The summed E-state index contributed by atoms with van der Waals surface area (Å²) in [5.74, 6) is -0.0940. The third-order valence-corrected chi connectivity index (χ3v) is 2.68. The van der Waals surface area contributed by atoms with Crippen molar-refractivity contribution in [2.45, 2.75) is 6.54 Å². The van der Waals surface area contributed by atoms with Crippen molar-refractivity contribution in [3.63, 3.8) is 0 Å². The molecule has 0 saturated carbocycles. The fourth-order valence-corrected chi connectivity index (χ4v) is 1.86. The van der Waals surface area contributed by atoms with Crippen molar-refractivity contribution < 1.29 is 14.1 Å². The molecule has 1 aliphatic rings. The summed E-state index contributed by atoms with van der Waals surface area (Å²) in [6, 6.07) is 8.40. The van der Waals surface area contributed by atoms with Crippen molar-refractivity contribution >= 4 is 11.8 Å². The second-order valence-electron chi connectivity index (χ2n) is 3.72. The van der Waals surface area contributed by atoms with E-state index < -0.39 is 0 Å². The highest BCUT2D eigenvalue weighted by Gasteiger charge is 2.35. The molecule has 0 radical (unpaired) electrons. The van der Waals surface area contributed by atoms with Gasteiger partial charge in [-0.25, -0.2) is 0 Å². The molecule has 0 spiro atoms. The molecule has 2 amide bonds. The van der Waals surface area contributed by atoms with Crippen LogP contribution in [-0.4, -0.2) is 21.9 Å². The second-order valence-corrected chi connectivity index (χ2v) is 3.72. The van der Waals surface area contributed by atoms with Gasteiger partial charge in [-0.3, -0.25) is 14.5 Å². The molecule has 84 valence electrons. The van der Waals surface area contributed by atoms with Crippen molar-refractivity contribution in [2.75, 3.05) is 0 Å². The van der Waals surface area contributed by atoms with Gasteiger partial charge < -0.3 is 4.52 Å². The minimum absolute atomic E-state index is 0.117. The van der Waals surface area contributed by atoms with Gasteiger partial charge in [0.25, 0.3) is 11.8 Å². The van der Waals surface area contributed by atoms with E-state index in [-0.39, 0.29) is 18.4 Å². The van der Waals surface area contributed by atoms with Crippen LogP contribution in [0, 0.1) is 0 Å². The Morgan fingerprint density at radius 1 is 1.06 bits per heavy atom. The Kier molecular flexibility index (Phi) is 2.04. The van der Waals surface area contributed by atoms with Crippen LogP contribution in [0.2, 0.25) is 0 Å². The summed E-state index contributed by atoms with van der Waals surface area (Å²) in [4.78, 5) is 25.1. The third-order valence-electron chi connectivity index (χ3n) is 2.68. The van der Waals surface area contributed by atoms with Gasteiger partial charge in [0.15, 0.2) is 5.76 Å². The molecule has 1 aromatic carbocycles. The van der Waals surface area contributed by atoms with Gasteiger partial charge in [0.1, 0.15) is 0 Å². The van der Waals surface area contributed by atoms with E-state index in [0.29, 0.717) is 16.9 Å². The molecule has 5 nitrogen and oxygen atoms in total. The number of rotatable bonds is 2. The largest absolute Gasteiger partial charge is 0.359 e. The maximum absolute atomic E-state index is 12.0. The average Bonchev–Trinajstić information content (AvgIpc) is 2.94. The molecule has 0 bridgehead atoms. The molecule has 1 aliphatic heterocycles. The molecule has 0 saturated heterocycles. The molecular formula is C12H8N2O3. The van der Waals surface area contributed by atoms with Crippen molar-refractivity contribution in [3.05, 3.63) is 53.4 Å². The van der Waals surface area contributed by atoms with Crippen LogP contribution < -0.4 is 0 Å². The van der Waals surface area contributed by atoms with Crippen LogP contribution in [0.1, 0.15) is 26.5 Å². The van der Waals surface area contributed by atoms with Crippen LogP contribution in [0.4, 0.5) is 0 Å². The van der Waals surface area contributed by atoms with Crippen molar-refractivity contribution in [1.82, 2.24) is 10.1 Å². The minimum Gasteiger partial charge on any atom is -0.359 e. The summed E-state index contributed by atoms with van der Waals surface area (Å²) in [7, 11) is 0. The predicted molar refractivity (Wildman–Crippen MR) is 57.1 cm³/mol. The first kappa shape index (κ1) is 9.77. The fraction of sp³-hybridized carbons (Fsp3) is 0.0833. The van der Waals surface area contributed by atoms with Gasteiger partial charge in [0, 0.05) is 6.07 Å². The Morgan fingerprint density at radius 2 is 1.71 bits per heavy atom. The molecule has 1 aromatic heterocycles. The van der Waals surface area contributed by atoms with E-state index in [1.165, 1.54) is 6.20 Å². The zero-order chi connectivity index (χ0) is 11.8. The Labute approximate surface area is 96.6 Å². The zero-order valence-electron chi connectivity index (χ0n) is 8.79. The molecule has 5 heteroatoms. The summed E-state index contributed by atoms with van der Waals surface area (Å²) in [6.07, 6.45) is 1.48. The molecule has 0 N–H and O–H groups in total. The maximum atomic E-state index is 12.0. The Balaban J connectivity index is 1.95. The van der Waals surface area contributed by atoms with E-state index >= 15 is 0 Å². The molecule has 0 fully saturated rings. The summed E-state index contributed by atoms with van der Waals surface area (Å²) >= 11 is 0. The highest BCUT2D eigenvalue weighted by atomic mass is 16.5. The number of nitrogens with zero attached hydrogens (tertiary/aromatic N) is 2. The normalized spacial score (nSPS) is 14.2. The van der Waals surface area contributed by atoms with Crippen molar-refractivity contribution in [3.8, 4) is 0 Å². The van der Waals surface area contributed by atoms with Crippen molar-refractivity contribution in [2.24, 2.45) is 0 Å². The van der Waals surface area contributed by atoms with Crippen LogP contribution in [0.25, 0.3) is 0 Å². The van der Waals surface area contributed by atoms with Crippen molar-refractivity contribution in [1.29, 1.82) is 0 Å². The number of amides is 2. The Morgan fingerprint density at radius 3 is 2.24 bits per heavy atom. The summed E-state index contributed by atoms with van der Waals surface area (Å²) < 4.78 is 4.89. The minimum atomic E-state index is -0.290. The quantitative estimate of drug-likeness (QED) is 0.730. The van der Waals surface area contributed by atoms with Crippen LogP contribution in [0.15, 0.2) is 41.1 Å². The lowest BCUT2D eigenvalue weighted by atomic mass is 10.1. The Bertz CT molecular complexity index is 555. The number of imide groups is 1. The van der Waals surface area contributed by atoms with Gasteiger partial charge in [-0.2, -0.15) is 0 Å². The van der Waals surface area contributed by atoms with Gasteiger partial charge in [-0.05, 0) is 12.1 Å². The van der Waals surface area contributed by atoms with E-state index in [1.807, 2.05) is 0 Å². The zero-order valence-corrected chi connectivity index (χ0v) is 8.79. The topological polar surface area (TPSA) is 63.4 Å². The van der Waals surface area contributed by atoms with E-state index in [4.69, 9.17) is 4.52 Å². The summed E-state index contributed by atoms with van der Waals surface area (Å²) in [6.45, 7) is 0.117. The van der Waals surface area contributed by atoms with Gasteiger partial charge in [0.2, 0.25) is 0 Å². The molecule has 0 aliphatic carbocycles. The van der Waals surface area contributed by atoms with E-state index in [9.17, 15) is 9.59 Å². The SMILES string of the molecule is O=C1c2ccccc2C(=O)N1Cc1ccno1. The monoisotopic (exact) mass is 228 g/mol. The first-order valence-corrected chi connectivity index (χ1v) is 5.12. The highest BCUT2D eigenvalue weighted by Crippen LogP contribution is 2.23. The lowest BCUT2D eigenvalue weighted by molar-refractivity contribution is 0.0628. The van der Waals surface area contributed by atoms with Gasteiger partial charge >= 0.3 is 0 Å². The standard InChI is InChI=1S/C12H8N2O3/c15-11-9-3-1-2-4-10(9)12(16)14(11)7-8-5-6-13-17-8/h1-6H,7H2. The first-order chi connectivity index (χ1) is 8.27. The first-order valence-electron chi connectivity index (χ1n) is 5.12. The van der Waals surface area contributed by atoms with E-state index in [1.54, 1.807) is 30.3 Å². The molecule has 0 atom stereocenters. The number of hydrogen-bond donors (Lipinski definition) is 0. The van der Waals surface area contributed by atoms with Gasteiger partial charge in [-0.1, -0.05) is 17.3 Å². The van der Waals surface area contributed by atoms with Crippen LogP contribution in [-0.2, 0) is 6.54 Å². The molecule has 2 heterocycles. The molecule has 3 rings (SSSR count). The van der Waals surface area contributed by atoms with E-state index in [2.05, 4.69) is 5.16 Å². The molecule has 2 aromatic rings. The second kappa shape index (κ2) is 3.55. The van der Waals surface area contributed by atoms with Gasteiger partial charge in [0.05, 0.1) is 23.9 Å². The number of aromatic nitrogens is 1. The fourth-order valence-electron chi connectivity index (χ4n) is 1.86. The number of benzene rings is 1. The highest BCUT2D eigenvalue weighted by molar-refractivity contribution is 6.21. The van der Waals surface area contributed by atoms with Crippen LogP contribution in [0.3, 0.4) is 0 Å². The third kappa shape index (κ3) is 1.44. The summed E-state index contributed by atoms with van der Waals surface area (Å²) in [5, 5.41) is 3.54. The molecular weight excluding hydrogens is 220 g/mol. The summed E-state index contributed by atoms with van der Waals surface area (Å²) in [5.41, 5.74) is 0.883. The lowest BCUT2D eigenvalue weighted by Crippen LogP contribution is -2.28. The van der Waals surface area contributed by atoms with Crippen LogP contribution >= 0.6 is 0 Å². The molecule has 17 heavy (non-hydrogen) atoms. The lowest BCUT2D eigenvalue weighted by Gasteiger charge is -2.10. The number of carbonyl (C=O) groups excluding carboxylic acids is 2. The maximum Gasteiger partial charge on any atom is 0.261 e. The molecule has 0 unspecified atom stereocenters. The Hall–Kier alpha value is -2.43. The van der Waals surface area contributed by atoms with Crippen LogP contribution in [0.5, 0.6) is 0 Å². The smallest absolute Gasteiger partial charge is 0.261 e. The average molecular weight is 228 g/mol. The predicted octanol–water partition coefficient (Wildman–Crippen LogP) is 1.47. The number of carbonyl (C=O) groups is 2. The van der Waals surface area contributed by atoms with Gasteiger partial charge in [-0.15, -0.1) is 0 Å². The number of hydrogen-bond acceptors (Lipinski definition) is 4. The number of fused-ring (bicyclic) bond motifs is 1.